The van der Waals surface area contributed by atoms with Gasteiger partial charge in [-0.1, -0.05) is 271 Å². The van der Waals surface area contributed by atoms with Crippen LogP contribution in [0.25, 0.3) is 0 Å². The minimum atomic E-state index is -0.761. The summed E-state index contributed by atoms with van der Waals surface area (Å²) < 4.78 is 10.6. The summed E-state index contributed by atoms with van der Waals surface area (Å²) in [6, 6.07) is 0. The molecule has 0 aliphatic rings. The lowest BCUT2D eigenvalue weighted by atomic mass is 10.0. The normalized spacial score (nSPS) is 12.0. The van der Waals surface area contributed by atoms with Gasteiger partial charge in [0.05, 0.1) is 6.61 Å². The molecular formula is C51H100O5. The number of rotatable bonds is 48. The predicted octanol–water partition coefficient (Wildman–Crippen LogP) is 16.6. The maximum Gasteiger partial charge on any atom is 0.306 e. The lowest BCUT2D eigenvalue weighted by Gasteiger charge is -2.15. The number of aliphatic hydroxyl groups excluding tert-OH is 1. The Balaban J connectivity index is 3.32. The molecule has 0 heterocycles. The summed E-state index contributed by atoms with van der Waals surface area (Å²) in [5.41, 5.74) is 0. The number of carbonyl (C=O) groups excluding carboxylic acids is 2. The van der Waals surface area contributed by atoms with Gasteiger partial charge in [0.1, 0.15) is 6.61 Å². The highest BCUT2D eigenvalue weighted by Gasteiger charge is 2.16. The number of hydrogen-bond donors (Lipinski definition) is 1. The molecule has 0 radical (unpaired) electrons. The van der Waals surface area contributed by atoms with Crippen molar-refractivity contribution in [3.05, 3.63) is 0 Å². The molecule has 0 aromatic rings. The Morgan fingerprint density at radius 1 is 0.339 bits per heavy atom. The predicted molar refractivity (Wildman–Crippen MR) is 242 cm³/mol. The van der Waals surface area contributed by atoms with E-state index in [1.54, 1.807) is 0 Å². The molecule has 334 valence electrons. The second kappa shape index (κ2) is 48.3. The average Bonchev–Trinajstić information content (AvgIpc) is 3.20. The van der Waals surface area contributed by atoms with E-state index >= 15 is 0 Å². The Bertz CT molecular complexity index is 769. The maximum atomic E-state index is 12.2. The second-order valence-electron chi connectivity index (χ2n) is 17.6. The van der Waals surface area contributed by atoms with E-state index in [0.717, 1.165) is 38.5 Å². The molecule has 5 nitrogen and oxygen atoms in total. The average molecular weight is 793 g/mol. The van der Waals surface area contributed by atoms with Crippen LogP contribution >= 0.6 is 0 Å². The zero-order valence-corrected chi connectivity index (χ0v) is 38.2. The molecule has 0 amide bonds. The van der Waals surface area contributed by atoms with Crippen LogP contribution < -0.4 is 0 Å². The minimum absolute atomic E-state index is 0.0574. The summed E-state index contributed by atoms with van der Waals surface area (Å²) in [7, 11) is 0. The number of unbranched alkanes of at least 4 members (excludes halogenated alkanes) is 40. The minimum Gasteiger partial charge on any atom is -0.462 e. The molecule has 1 N–H and O–H groups in total. The molecule has 1 atom stereocenters. The highest BCUT2D eigenvalue weighted by Crippen LogP contribution is 2.18. The summed E-state index contributed by atoms with van der Waals surface area (Å²) in [5, 5.41) is 9.56. The third kappa shape index (κ3) is 45.6. The summed E-state index contributed by atoms with van der Waals surface area (Å²) in [5.74, 6) is -0.575. The first-order valence-corrected chi connectivity index (χ1v) is 25.6. The summed E-state index contributed by atoms with van der Waals surface area (Å²) in [6.07, 6.45) is 56.7. The van der Waals surface area contributed by atoms with E-state index < -0.39 is 6.10 Å². The number of aliphatic hydroxyl groups is 1. The van der Waals surface area contributed by atoms with Crippen molar-refractivity contribution in [2.75, 3.05) is 13.2 Å². The third-order valence-corrected chi connectivity index (χ3v) is 11.9. The third-order valence-electron chi connectivity index (χ3n) is 11.9. The Hall–Kier alpha value is -1.10. The van der Waals surface area contributed by atoms with Gasteiger partial charge >= 0.3 is 11.9 Å². The van der Waals surface area contributed by atoms with E-state index in [2.05, 4.69) is 13.8 Å². The molecule has 0 saturated heterocycles. The van der Waals surface area contributed by atoms with Crippen molar-refractivity contribution in [2.24, 2.45) is 0 Å². The summed E-state index contributed by atoms with van der Waals surface area (Å²) in [6.45, 7) is 4.16. The van der Waals surface area contributed by atoms with Crippen LogP contribution in [0.15, 0.2) is 0 Å². The monoisotopic (exact) mass is 793 g/mol. The highest BCUT2D eigenvalue weighted by atomic mass is 16.6. The van der Waals surface area contributed by atoms with Crippen molar-refractivity contribution in [1.29, 1.82) is 0 Å². The van der Waals surface area contributed by atoms with Gasteiger partial charge in [-0.3, -0.25) is 9.59 Å². The van der Waals surface area contributed by atoms with Crippen LogP contribution in [-0.2, 0) is 19.1 Å². The van der Waals surface area contributed by atoms with Gasteiger partial charge in [-0.05, 0) is 12.8 Å². The fourth-order valence-electron chi connectivity index (χ4n) is 8.03. The first-order chi connectivity index (χ1) is 27.6. The Kier molecular flexibility index (Phi) is 47.3. The topological polar surface area (TPSA) is 72.8 Å². The van der Waals surface area contributed by atoms with Crippen LogP contribution in [0.5, 0.6) is 0 Å². The molecule has 0 saturated carbocycles. The molecule has 5 heteroatoms. The van der Waals surface area contributed by atoms with Crippen molar-refractivity contribution in [2.45, 2.75) is 302 Å². The van der Waals surface area contributed by atoms with E-state index in [4.69, 9.17) is 9.47 Å². The molecule has 56 heavy (non-hydrogen) atoms. The Morgan fingerprint density at radius 3 is 0.786 bits per heavy atom. The molecular weight excluding hydrogens is 693 g/mol. The standard InChI is InChI=1S/C51H100O5/c1-3-5-7-9-11-13-14-15-16-17-18-19-20-21-22-23-24-25-26-27-28-29-30-31-32-33-34-35-36-38-40-42-44-46-51(54)56-49(47-52)48-55-50(53)45-43-41-39-37-12-10-8-6-4-2/h49,52H,3-48H2,1-2H3. The molecule has 0 aromatic heterocycles. The van der Waals surface area contributed by atoms with Gasteiger partial charge < -0.3 is 14.6 Å². The zero-order chi connectivity index (χ0) is 40.7. The van der Waals surface area contributed by atoms with E-state index in [-0.39, 0.29) is 25.2 Å². The van der Waals surface area contributed by atoms with Crippen molar-refractivity contribution < 1.29 is 24.2 Å². The lowest BCUT2D eigenvalue weighted by molar-refractivity contribution is -0.161. The maximum absolute atomic E-state index is 12.2. The van der Waals surface area contributed by atoms with Gasteiger partial charge in [-0.25, -0.2) is 0 Å². The number of carbonyl (C=O) groups is 2. The first-order valence-electron chi connectivity index (χ1n) is 25.6. The molecule has 0 fully saturated rings. The Morgan fingerprint density at radius 2 is 0.554 bits per heavy atom. The van der Waals surface area contributed by atoms with Gasteiger partial charge in [0.25, 0.3) is 0 Å². The number of ether oxygens (including phenoxy) is 2. The van der Waals surface area contributed by atoms with Gasteiger partial charge in [-0.2, -0.15) is 0 Å². The van der Waals surface area contributed by atoms with Crippen LogP contribution in [0.4, 0.5) is 0 Å². The SMILES string of the molecule is CCCCCCCCCCCCCCCCCCCCCCCCCCCCCCCCCCCC(=O)OC(CO)COC(=O)CCCCCCCCCCC. The van der Waals surface area contributed by atoms with Crippen molar-refractivity contribution in [1.82, 2.24) is 0 Å². The zero-order valence-electron chi connectivity index (χ0n) is 38.2. The smallest absolute Gasteiger partial charge is 0.306 e. The van der Waals surface area contributed by atoms with Crippen LogP contribution in [0, 0.1) is 0 Å². The van der Waals surface area contributed by atoms with Gasteiger partial charge in [0.2, 0.25) is 0 Å². The first kappa shape index (κ1) is 54.9. The van der Waals surface area contributed by atoms with E-state index in [0.29, 0.717) is 12.8 Å². The van der Waals surface area contributed by atoms with E-state index in [9.17, 15) is 14.7 Å². The number of esters is 2. The van der Waals surface area contributed by atoms with Crippen molar-refractivity contribution >= 4 is 11.9 Å². The van der Waals surface area contributed by atoms with E-state index in [1.807, 2.05) is 0 Å². The number of hydrogen-bond acceptors (Lipinski definition) is 5. The quantitative estimate of drug-likeness (QED) is 0.0491. The molecule has 1 unspecified atom stereocenters. The lowest BCUT2D eigenvalue weighted by Crippen LogP contribution is -2.28. The van der Waals surface area contributed by atoms with E-state index in [1.165, 1.54) is 231 Å². The van der Waals surface area contributed by atoms with Crippen LogP contribution in [-0.4, -0.2) is 36.4 Å². The molecule has 0 spiro atoms. The van der Waals surface area contributed by atoms with Gasteiger partial charge in [0.15, 0.2) is 6.10 Å². The molecule has 0 bridgehead atoms. The summed E-state index contributed by atoms with van der Waals surface area (Å²) in [4.78, 5) is 24.2. The summed E-state index contributed by atoms with van der Waals surface area (Å²) >= 11 is 0. The van der Waals surface area contributed by atoms with Crippen molar-refractivity contribution in [3.63, 3.8) is 0 Å². The molecule has 0 aliphatic carbocycles. The molecule has 0 aromatic carbocycles. The molecule has 0 rings (SSSR count). The van der Waals surface area contributed by atoms with Gasteiger partial charge in [0, 0.05) is 12.8 Å². The fraction of sp³-hybridized carbons (Fsp3) is 0.961. The van der Waals surface area contributed by atoms with Crippen LogP contribution in [0.3, 0.4) is 0 Å². The largest absolute Gasteiger partial charge is 0.462 e. The molecule has 0 aliphatic heterocycles. The van der Waals surface area contributed by atoms with Crippen molar-refractivity contribution in [3.8, 4) is 0 Å². The highest BCUT2D eigenvalue weighted by molar-refractivity contribution is 5.70. The van der Waals surface area contributed by atoms with Crippen LogP contribution in [0.1, 0.15) is 296 Å². The van der Waals surface area contributed by atoms with Gasteiger partial charge in [-0.15, -0.1) is 0 Å². The van der Waals surface area contributed by atoms with Crippen LogP contribution in [0.2, 0.25) is 0 Å². The fourth-order valence-corrected chi connectivity index (χ4v) is 8.03. The Labute approximate surface area is 350 Å². The second-order valence-corrected chi connectivity index (χ2v) is 17.6.